The van der Waals surface area contributed by atoms with Crippen molar-refractivity contribution in [1.29, 1.82) is 0 Å². The van der Waals surface area contributed by atoms with Crippen molar-refractivity contribution in [3.05, 3.63) is 17.5 Å². The molecule has 88 valence electrons. The molecule has 1 aliphatic rings. The molecule has 0 aliphatic heterocycles. The molecule has 0 atom stereocenters. The molecule has 2 rings (SSSR count). The second-order valence-corrected chi connectivity index (χ2v) is 4.25. The summed E-state index contributed by atoms with van der Waals surface area (Å²) in [6.07, 6.45) is 1.18. The van der Waals surface area contributed by atoms with Crippen molar-refractivity contribution in [3.8, 4) is 0 Å². The predicted molar refractivity (Wildman–Crippen MR) is 53.3 cm³/mol. The number of amides is 1. The van der Waals surface area contributed by atoms with Crippen molar-refractivity contribution in [2.24, 2.45) is 5.92 Å². The van der Waals surface area contributed by atoms with Crippen molar-refractivity contribution >= 4 is 5.91 Å². The highest BCUT2D eigenvalue weighted by Gasteiger charge is 2.45. The van der Waals surface area contributed by atoms with E-state index in [1.54, 1.807) is 6.92 Å². The molecule has 0 aromatic carbocycles. The van der Waals surface area contributed by atoms with Gasteiger partial charge in [0.2, 0.25) is 5.92 Å². The van der Waals surface area contributed by atoms with Crippen LogP contribution in [0.25, 0.3) is 0 Å². The Bertz CT molecular complexity index is 395. The lowest BCUT2D eigenvalue weighted by Gasteiger charge is -2.34. The molecule has 16 heavy (non-hydrogen) atoms. The molecule has 6 heteroatoms. The second kappa shape index (κ2) is 3.84. The lowest BCUT2D eigenvalue weighted by molar-refractivity contribution is -0.108. The highest BCUT2D eigenvalue weighted by atomic mass is 19.3. The van der Waals surface area contributed by atoms with E-state index in [-0.39, 0.29) is 24.7 Å². The zero-order chi connectivity index (χ0) is 11.8. The smallest absolute Gasteiger partial charge is 0.254 e. The number of carbonyl (C=O) groups excluding carboxylic acids is 1. The number of aromatic amines is 1. The second-order valence-electron chi connectivity index (χ2n) is 4.25. The van der Waals surface area contributed by atoms with Gasteiger partial charge >= 0.3 is 0 Å². The van der Waals surface area contributed by atoms with Crippen LogP contribution in [0.15, 0.2) is 6.20 Å². The Kier molecular flexibility index (Phi) is 2.65. The first-order valence-corrected chi connectivity index (χ1v) is 5.14. The zero-order valence-electron chi connectivity index (χ0n) is 8.89. The molecule has 1 aromatic heterocycles. The predicted octanol–water partition coefficient (Wildman–Crippen LogP) is 1.49. The Balaban J connectivity index is 1.80. The van der Waals surface area contributed by atoms with Crippen LogP contribution in [0.2, 0.25) is 0 Å². The van der Waals surface area contributed by atoms with E-state index in [1.165, 1.54) is 6.20 Å². The summed E-state index contributed by atoms with van der Waals surface area (Å²) in [7, 11) is 0. The molecular formula is C10H13F2N3O. The zero-order valence-corrected chi connectivity index (χ0v) is 8.89. The standard InChI is InChI=1S/C10H13F2N3O/c1-6-8(5-14-15-6)9(16)13-4-7-2-10(11,12)3-7/h5,7H,2-4H2,1H3,(H,13,16)(H,14,15). The molecule has 1 fully saturated rings. The van der Waals surface area contributed by atoms with Gasteiger partial charge in [-0.05, 0) is 12.8 Å². The summed E-state index contributed by atoms with van der Waals surface area (Å²) in [5.41, 5.74) is 1.14. The maximum Gasteiger partial charge on any atom is 0.254 e. The summed E-state index contributed by atoms with van der Waals surface area (Å²) >= 11 is 0. The minimum absolute atomic E-state index is 0.105. The van der Waals surface area contributed by atoms with Crippen LogP contribution in [-0.4, -0.2) is 28.6 Å². The number of hydrogen-bond acceptors (Lipinski definition) is 2. The van der Waals surface area contributed by atoms with Gasteiger partial charge in [0, 0.05) is 25.1 Å². The number of nitrogens with zero attached hydrogens (tertiary/aromatic N) is 1. The first kappa shape index (κ1) is 11.0. The van der Waals surface area contributed by atoms with Crippen molar-refractivity contribution < 1.29 is 13.6 Å². The van der Waals surface area contributed by atoms with Crippen LogP contribution in [0.5, 0.6) is 0 Å². The Morgan fingerprint density at radius 3 is 2.88 bits per heavy atom. The normalized spacial score (nSPS) is 19.2. The van der Waals surface area contributed by atoms with Gasteiger partial charge < -0.3 is 5.32 Å². The Morgan fingerprint density at radius 1 is 1.69 bits per heavy atom. The fourth-order valence-electron chi connectivity index (χ4n) is 1.84. The summed E-state index contributed by atoms with van der Waals surface area (Å²) in [6, 6.07) is 0. The van der Waals surface area contributed by atoms with Crippen LogP contribution in [0.3, 0.4) is 0 Å². The van der Waals surface area contributed by atoms with Gasteiger partial charge in [0.25, 0.3) is 5.91 Å². The molecule has 1 heterocycles. The Morgan fingerprint density at radius 2 is 2.38 bits per heavy atom. The summed E-state index contributed by atoms with van der Waals surface area (Å²) < 4.78 is 25.0. The van der Waals surface area contributed by atoms with Gasteiger partial charge in [-0.15, -0.1) is 0 Å². The average molecular weight is 229 g/mol. The van der Waals surface area contributed by atoms with Gasteiger partial charge in [-0.3, -0.25) is 9.89 Å². The van der Waals surface area contributed by atoms with Crippen molar-refractivity contribution in [2.75, 3.05) is 6.54 Å². The quantitative estimate of drug-likeness (QED) is 0.825. The molecule has 0 bridgehead atoms. The van der Waals surface area contributed by atoms with E-state index in [0.717, 1.165) is 0 Å². The molecular weight excluding hydrogens is 216 g/mol. The third kappa shape index (κ3) is 2.20. The fraction of sp³-hybridized carbons (Fsp3) is 0.600. The third-order valence-electron chi connectivity index (χ3n) is 2.80. The van der Waals surface area contributed by atoms with Crippen molar-refractivity contribution in [2.45, 2.75) is 25.7 Å². The topological polar surface area (TPSA) is 57.8 Å². The summed E-state index contributed by atoms with van der Waals surface area (Å²) in [5.74, 6) is -2.89. The number of rotatable bonds is 3. The highest BCUT2D eigenvalue weighted by Crippen LogP contribution is 2.41. The molecule has 1 aromatic rings. The number of carbonyl (C=O) groups is 1. The monoisotopic (exact) mass is 229 g/mol. The van der Waals surface area contributed by atoms with Crippen LogP contribution in [-0.2, 0) is 0 Å². The first-order chi connectivity index (χ1) is 7.48. The van der Waals surface area contributed by atoms with Gasteiger partial charge in [0.1, 0.15) is 0 Å². The van der Waals surface area contributed by atoms with Gasteiger partial charge in [-0.1, -0.05) is 0 Å². The minimum atomic E-state index is -2.53. The van der Waals surface area contributed by atoms with Crippen LogP contribution >= 0.6 is 0 Å². The lowest BCUT2D eigenvalue weighted by atomic mass is 9.81. The molecule has 0 unspecified atom stereocenters. The summed E-state index contributed by atoms with van der Waals surface area (Å²) in [6.45, 7) is 2.04. The van der Waals surface area contributed by atoms with Crippen molar-refractivity contribution in [3.63, 3.8) is 0 Å². The lowest BCUT2D eigenvalue weighted by Crippen LogP contribution is -2.42. The largest absolute Gasteiger partial charge is 0.352 e. The molecule has 1 aliphatic carbocycles. The minimum Gasteiger partial charge on any atom is -0.352 e. The first-order valence-electron chi connectivity index (χ1n) is 5.14. The fourth-order valence-corrected chi connectivity index (χ4v) is 1.84. The Labute approximate surface area is 91.4 Å². The van der Waals surface area contributed by atoms with E-state index in [2.05, 4.69) is 15.5 Å². The van der Waals surface area contributed by atoms with Gasteiger partial charge in [0.15, 0.2) is 0 Å². The number of alkyl halides is 2. The molecule has 1 saturated carbocycles. The Hall–Kier alpha value is -1.46. The molecule has 2 N–H and O–H groups in total. The van der Waals surface area contributed by atoms with Crippen LogP contribution in [0.1, 0.15) is 28.9 Å². The van der Waals surface area contributed by atoms with Crippen molar-refractivity contribution in [1.82, 2.24) is 15.5 Å². The summed E-state index contributed by atoms with van der Waals surface area (Å²) in [5, 5.41) is 9.00. The summed E-state index contributed by atoms with van der Waals surface area (Å²) in [4.78, 5) is 11.6. The van der Waals surface area contributed by atoms with E-state index in [9.17, 15) is 13.6 Å². The molecule has 1 amide bonds. The molecule has 0 saturated heterocycles. The molecule has 4 nitrogen and oxygen atoms in total. The van der Waals surface area contributed by atoms with Crippen LogP contribution in [0, 0.1) is 12.8 Å². The van der Waals surface area contributed by atoms with E-state index in [0.29, 0.717) is 17.8 Å². The third-order valence-corrected chi connectivity index (χ3v) is 2.80. The highest BCUT2D eigenvalue weighted by molar-refractivity contribution is 5.94. The van der Waals surface area contributed by atoms with Gasteiger partial charge in [-0.2, -0.15) is 5.10 Å². The van der Waals surface area contributed by atoms with Gasteiger partial charge in [-0.25, -0.2) is 8.78 Å². The van der Waals surface area contributed by atoms with E-state index in [1.807, 2.05) is 0 Å². The van der Waals surface area contributed by atoms with E-state index >= 15 is 0 Å². The molecule has 0 spiro atoms. The number of halogens is 2. The van der Waals surface area contributed by atoms with E-state index in [4.69, 9.17) is 0 Å². The maximum atomic E-state index is 12.5. The average Bonchev–Trinajstić information content (AvgIpc) is 2.57. The maximum absolute atomic E-state index is 12.5. The number of nitrogens with one attached hydrogen (secondary N) is 2. The van der Waals surface area contributed by atoms with Crippen LogP contribution in [0.4, 0.5) is 8.78 Å². The number of hydrogen-bond donors (Lipinski definition) is 2. The van der Waals surface area contributed by atoms with Gasteiger partial charge in [0.05, 0.1) is 11.8 Å². The number of aryl methyl sites for hydroxylation is 1. The van der Waals surface area contributed by atoms with Crippen LogP contribution < -0.4 is 5.32 Å². The van der Waals surface area contributed by atoms with E-state index < -0.39 is 5.92 Å². The number of H-pyrrole nitrogens is 1. The SMILES string of the molecule is Cc1[nH]ncc1C(=O)NCC1CC(F)(F)C1. The number of aromatic nitrogens is 2. The molecule has 0 radical (unpaired) electrons.